The Hall–Kier alpha value is -1.23. The van der Waals surface area contributed by atoms with Crippen molar-refractivity contribution in [3.05, 3.63) is 35.6 Å². The molecule has 0 aliphatic heterocycles. The van der Waals surface area contributed by atoms with Gasteiger partial charge in [0.2, 0.25) is 0 Å². The predicted molar refractivity (Wildman–Crippen MR) is 71.4 cm³/mol. The molecule has 3 nitrogen and oxygen atoms in total. The first-order valence-corrected chi connectivity index (χ1v) is 8.06. The lowest BCUT2D eigenvalue weighted by Crippen LogP contribution is -2.34. The van der Waals surface area contributed by atoms with Crippen LogP contribution in [0.3, 0.4) is 0 Å². The lowest BCUT2D eigenvalue weighted by atomic mass is 10.1. The Morgan fingerprint density at radius 3 is 2.26 bits per heavy atom. The molecule has 1 atom stereocenters. The highest BCUT2D eigenvalue weighted by molar-refractivity contribution is 7.93. The Morgan fingerprint density at radius 2 is 1.74 bits per heavy atom. The topological polar surface area (TPSA) is 51.2 Å². The highest BCUT2D eigenvalue weighted by atomic mass is 32.2. The standard InChI is InChI=1S/C14H17FO3S/c1-10(19(17,18)13-4-2-3-5-13)14(16)11-6-8-12(15)9-7-11/h6-10,13H,2-5H2,1H3. The van der Waals surface area contributed by atoms with Gasteiger partial charge >= 0.3 is 0 Å². The number of halogens is 1. The largest absolute Gasteiger partial charge is 0.293 e. The molecule has 1 unspecified atom stereocenters. The van der Waals surface area contributed by atoms with Gasteiger partial charge in [0.25, 0.3) is 0 Å². The van der Waals surface area contributed by atoms with E-state index in [2.05, 4.69) is 0 Å². The van der Waals surface area contributed by atoms with Crippen molar-refractivity contribution in [1.82, 2.24) is 0 Å². The van der Waals surface area contributed by atoms with Crippen molar-refractivity contribution in [3.8, 4) is 0 Å². The van der Waals surface area contributed by atoms with E-state index < -0.39 is 31.9 Å². The van der Waals surface area contributed by atoms with Gasteiger partial charge in [-0.1, -0.05) is 12.8 Å². The maximum Gasteiger partial charge on any atom is 0.180 e. The van der Waals surface area contributed by atoms with Crippen LogP contribution in [0.4, 0.5) is 4.39 Å². The molecule has 1 aromatic rings. The summed E-state index contributed by atoms with van der Waals surface area (Å²) < 4.78 is 37.4. The van der Waals surface area contributed by atoms with Gasteiger partial charge < -0.3 is 0 Å². The average molecular weight is 284 g/mol. The van der Waals surface area contributed by atoms with Crippen LogP contribution in [0.15, 0.2) is 24.3 Å². The highest BCUT2D eigenvalue weighted by Gasteiger charge is 2.37. The molecule has 1 aliphatic carbocycles. The first kappa shape index (κ1) is 14.2. The number of carbonyl (C=O) groups excluding carboxylic acids is 1. The monoisotopic (exact) mass is 284 g/mol. The molecule has 0 amide bonds. The molecular formula is C14H17FO3S. The Labute approximate surface area is 112 Å². The van der Waals surface area contributed by atoms with Crippen LogP contribution in [0.1, 0.15) is 43.0 Å². The van der Waals surface area contributed by atoms with Crippen LogP contribution in [-0.4, -0.2) is 24.7 Å². The first-order valence-electron chi connectivity index (χ1n) is 6.45. The summed E-state index contributed by atoms with van der Waals surface area (Å²) in [5.41, 5.74) is 0.246. The number of hydrogen-bond acceptors (Lipinski definition) is 3. The summed E-state index contributed by atoms with van der Waals surface area (Å²) in [6.45, 7) is 1.43. The molecule has 0 aromatic heterocycles. The van der Waals surface area contributed by atoms with Crippen molar-refractivity contribution >= 4 is 15.6 Å². The number of hydrogen-bond donors (Lipinski definition) is 0. The molecule has 2 rings (SSSR count). The van der Waals surface area contributed by atoms with E-state index >= 15 is 0 Å². The Morgan fingerprint density at radius 1 is 1.21 bits per heavy atom. The van der Waals surface area contributed by atoms with E-state index in [1.165, 1.54) is 31.2 Å². The summed E-state index contributed by atoms with van der Waals surface area (Å²) >= 11 is 0. The number of sulfone groups is 1. The zero-order valence-corrected chi connectivity index (χ0v) is 11.6. The summed E-state index contributed by atoms with van der Waals surface area (Å²) in [5.74, 6) is -0.894. The fraction of sp³-hybridized carbons (Fsp3) is 0.500. The molecule has 1 fully saturated rings. The molecule has 104 valence electrons. The van der Waals surface area contributed by atoms with Crippen molar-refractivity contribution in [2.75, 3.05) is 0 Å². The fourth-order valence-corrected chi connectivity index (χ4v) is 4.51. The normalized spacial score (nSPS) is 18.4. The Kier molecular flexibility index (Phi) is 4.04. The molecule has 0 spiro atoms. The second kappa shape index (κ2) is 5.41. The summed E-state index contributed by atoms with van der Waals surface area (Å²) in [5, 5.41) is -1.45. The number of rotatable bonds is 4. The third-order valence-corrected chi connectivity index (χ3v) is 6.36. The van der Waals surface area contributed by atoms with Crippen LogP contribution < -0.4 is 0 Å². The maximum absolute atomic E-state index is 12.8. The van der Waals surface area contributed by atoms with Gasteiger partial charge in [0.15, 0.2) is 15.6 Å². The SMILES string of the molecule is CC(C(=O)c1ccc(F)cc1)S(=O)(=O)C1CCCC1. The van der Waals surface area contributed by atoms with Crippen molar-refractivity contribution < 1.29 is 17.6 Å². The van der Waals surface area contributed by atoms with E-state index in [1.807, 2.05) is 0 Å². The molecule has 1 aromatic carbocycles. The van der Waals surface area contributed by atoms with E-state index in [0.717, 1.165) is 12.8 Å². The average Bonchev–Trinajstić information content (AvgIpc) is 2.92. The summed E-state index contributed by atoms with van der Waals surface area (Å²) in [4.78, 5) is 12.2. The van der Waals surface area contributed by atoms with E-state index in [-0.39, 0.29) is 5.56 Å². The van der Waals surface area contributed by atoms with Crippen LogP contribution in [0.25, 0.3) is 0 Å². The second-order valence-corrected chi connectivity index (χ2v) is 7.56. The number of benzene rings is 1. The quantitative estimate of drug-likeness (QED) is 0.799. The molecule has 1 saturated carbocycles. The highest BCUT2D eigenvalue weighted by Crippen LogP contribution is 2.28. The number of Topliss-reactive ketones (excluding diaryl/α,β-unsaturated/α-hetero) is 1. The van der Waals surface area contributed by atoms with E-state index in [9.17, 15) is 17.6 Å². The van der Waals surface area contributed by atoms with Crippen LogP contribution in [0.2, 0.25) is 0 Å². The van der Waals surface area contributed by atoms with Crippen molar-refractivity contribution in [2.24, 2.45) is 0 Å². The smallest absolute Gasteiger partial charge is 0.180 e. The minimum atomic E-state index is -3.44. The summed E-state index contributed by atoms with van der Waals surface area (Å²) in [6.07, 6.45) is 3.09. The van der Waals surface area contributed by atoms with Gasteiger partial charge in [0, 0.05) is 5.56 Å². The number of ketones is 1. The van der Waals surface area contributed by atoms with Gasteiger partial charge in [-0.3, -0.25) is 4.79 Å². The van der Waals surface area contributed by atoms with Crippen LogP contribution in [0.5, 0.6) is 0 Å². The fourth-order valence-electron chi connectivity index (χ4n) is 2.50. The van der Waals surface area contributed by atoms with E-state index in [1.54, 1.807) is 0 Å². The van der Waals surface area contributed by atoms with Gasteiger partial charge in [0.05, 0.1) is 5.25 Å². The minimum absolute atomic E-state index is 0.246. The number of carbonyl (C=O) groups is 1. The maximum atomic E-state index is 12.8. The molecular weight excluding hydrogens is 267 g/mol. The van der Waals surface area contributed by atoms with Crippen molar-refractivity contribution in [2.45, 2.75) is 43.1 Å². The second-order valence-electron chi connectivity index (χ2n) is 5.01. The minimum Gasteiger partial charge on any atom is -0.293 e. The van der Waals surface area contributed by atoms with Gasteiger partial charge in [-0.2, -0.15) is 0 Å². The molecule has 5 heteroatoms. The predicted octanol–water partition coefficient (Wildman–Crippen LogP) is 2.75. The Bertz CT molecular complexity index is 557. The molecule has 0 radical (unpaired) electrons. The first-order chi connectivity index (χ1) is 8.93. The lowest BCUT2D eigenvalue weighted by Gasteiger charge is -2.17. The van der Waals surface area contributed by atoms with Gasteiger partial charge in [0.1, 0.15) is 11.1 Å². The zero-order valence-electron chi connectivity index (χ0n) is 10.8. The molecule has 0 bridgehead atoms. The van der Waals surface area contributed by atoms with Crippen LogP contribution >= 0.6 is 0 Å². The van der Waals surface area contributed by atoms with Crippen LogP contribution in [0, 0.1) is 5.82 Å². The summed E-state index contributed by atoms with van der Waals surface area (Å²) in [7, 11) is -3.44. The van der Waals surface area contributed by atoms with Crippen molar-refractivity contribution in [1.29, 1.82) is 0 Å². The molecule has 0 saturated heterocycles. The van der Waals surface area contributed by atoms with Gasteiger partial charge in [-0.15, -0.1) is 0 Å². The lowest BCUT2D eigenvalue weighted by molar-refractivity contribution is 0.0991. The summed E-state index contributed by atoms with van der Waals surface area (Å²) in [6, 6.07) is 5.00. The Balaban J connectivity index is 2.21. The third kappa shape index (κ3) is 2.86. The van der Waals surface area contributed by atoms with Gasteiger partial charge in [-0.05, 0) is 44.0 Å². The third-order valence-electron chi connectivity index (χ3n) is 3.76. The van der Waals surface area contributed by atoms with Crippen molar-refractivity contribution in [3.63, 3.8) is 0 Å². The zero-order chi connectivity index (χ0) is 14.0. The molecule has 0 heterocycles. The van der Waals surface area contributed by atoms with E-state index in [0.29, 0.717) is 12.8 Å². The molecule has 1 aliphatic rings. The molecule has 19 heavy (non-hydrogen) atoms. The van der Waals surface area contributed by atoms with E-state index in [4.69, 9.17) is 0 Å². The van der Waals surface area contributed by atoms with Gasteiger partial charge in [-0.25, -0.2) is 12.8 Å². The molecule has 0 N–H and O–H groups in total. The van der Waals surface area contributed by atoms with Crippen LogP contribution in [-0.2, 0) is 9.84 Å².